The molecule has 1 aromatic rings. The Bertz CT molecular complexity index is 591. The molecule has 22 heavy (non-hydrogen) atoms. The molecule has 1 aromatic carbocycles. The molecule has 1 N–H and O–H groups in total. The number of carbonyl (C=O) groups is 4. The summed E-state index contributed by atoms with van der Waals surface area (Å²) in [6.07, 6.45) is 0. The summed E-state index contributed by atoms with van der Waals surface area (Å²) >= 11 is 0. The van der Waals surface area contributed by atoms with Crippen molar-refractivity contribution in [3.8, 4) is 17.2 Å². The van der Waals surface area contributed by atoms with Gasteiger partial charge in [-0.15, -0.1) is 0 Å². The molecule has 0 spiro atoms. The van der Waals surface area contributed by atoms with Crippen LogP contribution in [0.25, 0.3) is 0 Å². The van der Waals surface area contributed by atoms with Crippen molar-refractivity contribution in [3.05, 3.63) is 17.7 Å². The standard InChI is InChI=1S/C13H12O8.Na.H/c1-6(14)19-10-4-9(13(17)18)5-11(20-7(2)15)12(10)21-8(3)16;;/h4-5H,1-3H3,(H,17,18);;/q;+1;-1. The normalized spacial score (nSPS) is 9.23. The van der Waals surface area contributed by atoms with E-state index in [0.29, 0.717) is 0 Å². The predicted molar refractivity (Wildman–Crippen MR) is 68.4 cm³/mol. The van der Waals surface area contributed by atoms with Crippen LogP contribution in [-0.2, 0) is 14.4 Å². The number of hydrogen-bond acceptors (Lipinski definition) is 7. The molecule has 0 aliphatic rings. The molecule has 0 radical (unpaired) electrons. The second kappa shape index (κ2) is 8.52. The fourth-order valence-electron chi connectivity index (χ4n) is 1.41. The minimum Gasteiger partial charge on any atom is -1.00 e. The van der Waals surface area contributed by atoms with E-state index in [1.54, 1.807) is 0 Å². The number of carboxylic acid groups (broad SMARTS) is 1. The molecule has 1 rings (SSSR count). The molecular formula is C13H13NaO8. The van der Waals surface area contributed by atoms with Crippen molar-refractivity contribution in [2.75, 3.05) is 0 Å². The Morgan fingerprint density at radius 2 is 1.23 bits per heavy atom. The summed E-state index contributed by atoms with van der Waals surface area (Å²) in [5.41, 5.74) is -0.307. The van der Waals surface area contributed by atoms with Crippen molar-refractivity contribution in [2.45, 2.75) is 20.8 Å². The molecule has 0 saturated carbocycles. The summed E-state index contributed by atoms with van der Waals surface area (Å²) in [6.45, 7) is 3.24. The molecule has 9 heteroatoms. The zero-order chi connectivity index (χ0) is 16.2. The van der Waals surface area contributed by atoms with Crippen LogP contribution in [0.15, 0.2) is 12.1 Å². The number of aromatic carboxylic acids is 1. The SMILES string of the molecule is CC(=O)Oc1cc(C(=O)O)cc(OC(C)=O)c1OC(C)=O.[H-].[Na+]. The first kappa shape index (κ1) is 20.1. The maximum atomic E-state index is 11.1. The first-order valence-electron chi connectivity index (χ1n) is 5.67. The van der Waals surface area contributed by atoms with Crippen LogP contribution in [0, 0.1) is 0 Å². The molecule has 0 aromatic heterocycles. The van der Waals surface area contributed by atoms with Crippen LogP contribution < -0.4 is 43.8 Å². The van der Waals surface area contributed by atoms with E-state index in [4.69, 9.17) is 19.3 Å². The van der Waals surface area contributed by atoms with Crippen molar-refractivity contribution >= 4 is 23.9 Å². The van der Waals surface area contributed by atoms with Gasteiger partial charge in [-0.3, -0.25) is 14.4 Å². The summed E-state index contributed by atoms with van der Waals surface area (Å²) in [7, 11) is 0. The maximum absolute atomic E-state index is 11.1. The molecule has 0 heterocycles. The number of ether oxygens (including phenoxy) is 3. The third-order valence-corrected chi connectivity index (χ3v) is 2.02. The molecule has 8 nitrogen and oxygen atoms in total. The van der Waals surface area contributed by atoms with E-state index >= 15 is 0 Å². The Labute approximate surface area is 149 Å². The molecule has 0 unspecified atom stereocenters. The van der Waals surface area contributed by atoms with Gasteiger partial charge in [-0.2, -0.15) is 0 Å². The van der Waals surface area contributed by atoms with Gasteiger partial charge in [0.25, 0.3) is 0 Å². The van der Waals surface area contributed by atoms with Gasteiger partial charge in [0.2, 0.25) is 5.75 Å². The van der Waals surface area contributed by atoms with E-state index in [2.05, 4.69) is 0 Å². The summed E-state index contributed by atoms with van der Waals surface area (Å²) in [4.78, 5) is 44.2. The van der Waals surface area contributed by atoms with E-state index in [-0.39, 0.29) is 53.8 Å². The van der Waals surface area contributed by atoms with Crippen LogP contribution in [0.1, 0.15) is 32.6 Å². The number of esters is 3. The topological polar surface area (TPSA) is 116 Å². The van der Waals surface area contributed by atoms with Crippen LogP contribution in [0.5, 0.6) is 17.2 Å². The fourth-order valence-corrected chi connectivity index (χ4v) is 1.41. The zero-order valence-corrected chi connectivity index (χ0v) is 14.5. The van der Waals surface area contributed by atoms with Gasteiger partial charge in [-0.1, -0.05) is 0 Å². The van der Waals surface area contributed by atoms with Gasteiger partial charge in [0, 0.05) is 20.8 Å². The largest absolute Gasteiger partial charge is 1.00 e. The zero-order valence-electron chi connectivity index (χ0n) is 13.5. The minimum absolute atomic E-state index is 0. The number of hydrogen-bond donors (Lipinski definition) is 1. The Hall–Kier alpha value is -1.90. The molecule has 114 valence electrons. The van der Waals surface area contributed by atoms with Gasteiger partial charge in [0.15, 0.2) is 11.5 Å². The second-order valence-corrected chi connectivity index (χ2v) is 3.89. The van der Waals surface area contributed by atoms with Crippen LogP contribution in [0.3, 0.4) is 0 Å². The smallest absolute Gasteiger partial charge is 1.00 e. The van der Waals surface area contributed by atoms with Crippen LogP contribution >= 0.6 is 0 Å². The molecule has 0 saturated heterocycles. The van der Waals surface area contributed by atoms with Gasteiger partial charge in [0.1, 0.15) is 0 Å². The third kappa shape index (κ3) is 5.84. The van der Waals surface area contributed by atoms with Crippen molar-refractivity contribution < 1.29 is 69.5 Å². The molecule has 0 atom stereocenters. The Morgan fingerprint density at radius 3 is 1.50 bits per heavy atom. The van der Waals surface area contributed by atoms with Gasteiger partial charge in [-0.05, 0) is 12.1 Å². The van der Waals surface area contributed by atoms with E-state index in [9.17, 15) is 19.2 Å². The number of carboxylic acids is 1. The summed E-state index contributed by atoms with van der Waals surface area (Å²) in [5.74, 6) is -4.66. The third-order valence-electron chi connectivity index (χ3n) is 2.02. The van der Waals surface area contributed by atoms with Crippen LogP contribution in [-0.4, -0.2) is 29.0 Å². The average molecular weight is 320 g/mol. The molecule has 0 aliphatic carbocycles. The molecular weight excluding hydrogens is 307 g/mol. The molecule has 0 bridgehead atoms. The van der Waals surface area contributed by atoms with Crippen molar-refractivity contribution in [1.82, 2.24) is 0 Å². The summed E-state index contributed by atoms with van der Waals surface area (Å²) in [6, 6.07) is 1.96. The predicted octanol–water partition coefficient (Wildman–Crippen LogP) is -1.72. The fraction of sp³-hybridized carbons (Fsp3) is 0.231. The monoisotopic (exact) mass is 320 g/mol. The van der Waals surface area contributed by atoms with E-state index < -0.39 is 23.9 Å². The number of carbonyl (C=O) groups excluding carboxylic acids is 3. The quantitative estimate of drug-likeness (QED) is 0.395. The van der Waals surface area contributed by atoms with Crippen molar-refractivity contribution in [1.29, 1.82) is 0 Å². The van der Waals surface area contributed by atoms with Crippen molar-refractivity contribution in [2.24, 2.45) is 0 Å². The summed E-state index contributed by atoms with van der Waals surface area (Å²) < 4.78 is 14.4. The molecule has 0 amide bonds. The van der Waals surface area contributed by atoms with Crippen LogP contribution in [0.4, 0.5) is 0 Å². The van der Waals surface area contributed by atoms with Gasteiger partial charge >= 0.3 is 53.4 Å². The molecule has 0 fully saturated rings. The average Bonchev–Trinajstić information content (AvgIpc) is 2.30. The van der Waals surface area contributed by atoms with E-state index in [1.807, 2.05) is 0 Å². The first-order valence-corrected chi connectivity index (χ1v) is 5.67. The second-order valence-electron chi connectivity index (χ2n) is 3.89. The minimum atomic E-state index is -1.34. The molecule has 0 aliphatic heterocycles. The Kier molecular flexibility index (Phi) is 7.78. The Morgan fingerprint density at radius 1 is 0.864 bits per heavy atom. The first-order chi connectivity index (χ1) is 9.70. The number of benzene rings is 1. The van der Waals surface area contributed by atoms with Crippen molar-refractivity contribution in [3.63, 3.8) is 0 Å². The van der Waals surface area contributed by atoms with Gasteiger partial charge in [-0.25, -0.2) is 4.79 Å². The maximum Gasteiger partial charge on any atom is 1.00 e. The van der Waals surface area contributed by atoms with Gasteiger partial charge < -0.3 is 20.7 Å². The summed E-state index contributed by atoms with van der Waals surface area (Å²) in [5, 5.41) is 8.99. The van der Waals surface area contributed by atoms with Gasteiger partial charge in [0.05, 0.1) is 5.56 Å². The Balaban J connectivity index is 0. The number of rotatable bonds is 4. The van der Waals surface area contributed by atoms with E-state index in [1.165, 1.54) is 0 Å². The van der Waals surface area contributed by atoms with E-state index in [0.717, 1.165) is 32.9 Å². The van der Waals surface area contributed by atoms with Crippen LogP contribution in [0.2, 0.25) is 0 Å².